The van der Waals surface area contributed by atoms with Crippen LogP contribution in [0.25, 0.3) is 11.1 Å². The summed E-state index contributed by atoms with van der Waals surface area (Å²) in [7, 11) is 0. The molecule has 4 aromatic rings. The average molecular weight is 452 g/mol. The Morgan fingerprint density at radius 2 is 1.75 bits per heavy atom. The fourth-order valence-electron chi connectivity index (χ4n) is 3.55. The Labute approximate surface area is 188 Å². The van der Waals surface area contributed by atoms with E-state index in [1.165, 1.54) is 12.1 Å². The zero-order valence-electron chi connectivity index (χ0n) is 16.8. The highest BCUT2D eigenvalue weighted by molar-refractivity contribution is 6.31. The van der Waals surface area contributed by atoms with E-state index in [4.69, 9.17) is 16.9 Å². The van der Waals surface area contributed by atoms with Gasteiger partial charge in [-0.3, -0.25) is 0 Å². The quantitative estimate of drug-likeness (QED) is 0.337. The topological polar surface area (TPSA) is 41.6 Å². The highest BCUT2D eigenvalue weighted by Gasteiger charge is 2.33. The molecule has 0 aliphatic heterocycles. The van der Waals surface area contributed by atoms with Crippen molar-refractivity contribution in [3.63, 3.8) is 0 Å². The zero-order valence-corrected chi connectivity index (χ0v) is 17.5. The first-order chi connectivity index (χ1) is 15.3. The Morgan fingerprint density at radius 3 is 2.44 bits per heavy atom. The van der Waals surface area contributed by atoms with Gasteiger partial charge in [-0.1, -0.05) is 54.1 Å². The Kier molecular flexibility index (Phi) is 6.02. The van der Waals surface area contributed by atoms with Gasteiger partial charge in [0.25, 0.3) is 0 Å². The van der Waals surface area contributed by atoms with Crippen LogP contribution in [0.3, 0.4) is 0 Å². The summed E-state index contributed by atoms with van der Waals surface area (Å²) in [6.45, 7) is 0.436. The van der Waals surface area contributed by atoms with Crippen molar-refractivity contribution in [2.75, 3.05) is 0 Å². The second kappa shape index (κ2) is 8.89. The van der Waals surface area contributed by atoms with Gasteiger partial charge in [0.2, 0.25) is 0 Å². The molecule has 0 N–H and O–H groups in total. The molecule has 0 aliphatic carbocycles. The van der Waals surface area contributed by atoms with Crippen LogP contribution in [0.15, 0.2) is 79.3 Å². The third kappa shape index (κ3) is 4.68. The molecule has 0 aliphatic rings. The number of aromatic nitrogens is 2. The maximum atomic E-state index is 13.4. The molecule has 0 spiro atoms. The van der Waals surface area contributed by atoms with E-state index < -0.39 is 11.7 Å². The number of rotatable bonds is 5. The highest BCUT2D eigenvalue weighted by Crippen LogP contribution is 2.38. The molecule has 1 heterocycles. The van der Waals surface area contributed by atoms with E-state index in [1.54, 1.807) is 48.9 Å². The SMILES string of the molecule is N#Cc1ccc(Cc2cncn2Cc2ccc(-c3ccccc3C(F)(F)F)cc2Cl)cc1. The first-order valence-electron chi connectivity index (χ1n) is 9.78. The van der Waals surface area contributed by atoms with Crippen molar-refractivity contribution in [2.24, 2.45) is 0 Å². The lowest BCUT2D eigenvalue weighted by Gasteiger charge is -2.15. The van der Waals surface area contributed by atoms with Crippen molar-refractivity contribution >= 4 is 11.6 Å². The van der Waals surface area contributed by atoms with Crippen LogP contribution in [0.5, 0.6) is 0 Å². The van der Waals surface area contributed by atoms with Crippen molar-refractivity contribution in [3.05, 3.63) is 112 Å². The molecule has 32 heavy (non-hydrogen) atoms. The van der Waals surface area contributed by atoms with E-state index in [0.717, 1.165) is 22.9 Å². The van der Waals surface area contributed by atoms with E-state index in [2.05, 4.69) is 11.1 Å². The van der Waals surface area contributed by atoms with Gasteiger partial charge in [-0.25, -0.2) is 4.98 Å². The number of nitriles is 1. The van der Waals surface area contributed by atoms with Gasteiger partial charge in [0, 0.05) is 23.3 Å². The van der Waals surface area contributed by atoms with Crippen LogP contribution in [0.4, 0.5) is 13.2 Å². The van der Waals surface area contributed by atoms with E-state index in [9.17, 15) is 13.2 Å². The smallest absolute Gasteiger partial charge is 0.330 e. The standard InChI is InChI=1S/C25H17ClF3N3/c26-24-12-19(22-3-1-2-4-23(22)25(27,28)29)9-10-20(24)15-32-16-31-14-21(32)11-17-5-7-18(13-30)8-6-17/h1-10,12,14,16H,11,15H2. The molecule has 3 aromatic carbocycles. The number of hydrogen-bond acceptors (Lipinski definition) is 2. The molecule has 0 bridgehead atoms. The number of imidazole rings is 1. The molecule has 0 atom stereocenters. The van der Waals surface area contributed by atoms with Crippen LogP contribution in [0.2, 0.25) is 5.02 Å². The molecule has 1 aromatic heterocycles. The van der Waals surface area contributed by atoms with Crippen LogP contribution in [0, 0.1) is 11.3 Å². The number of nitrogens with zero attached hydrogens (tertiary/aromatic N) is 3. The van der Waals surface area contributed by atoms with Crippen molar-refractivity contribution in [2.45, 2.75) is 19.1 Å². The summed E-state index contributed by atoms with van der Waals surface area (Å²) in [5, 5.41) is 9.32. The number of halogens is 4. The van der Waals surface area contributed by atoms with Crippen molar-refractivity contribution in [1.82, 2.24) is 9.55 Å². The zero-order chi connectivity index (χ0) is 22.7. The molecule has 3 nitrogen and oxygen atoms in total. The summed E-state index contributed by atoms with van der Waals surface area (Å²) < 4.78 is 42.1. The monoisotopic (exact) mass is 451 g/mol. The van der Waals surface area contributed by atoms with E-state index >= 15 is 0 Å². The Bertz CT molecular complexity index is 1290. The molecule has 0 amide bonds. The Balaban J connectivity index is 1.58. The summed E-state index contributed by atoms with van der Waals surface area (Å²) in [6.07, 6.45) is -0.360. The first-order valence-corrected chi connectivity index (χ1v) is 10.2. The van der Waals surface area contributed by atoms with Crippen LogP contribution >= 0.6 is 11.6 Å². The summed E-state index contributed by atoms with van der Waals surface area (Å²) in [5.41, 5.74) is 3.18. The molecule has 4 rings (SSSR count). The van der Waals surface area contributed by atoms with E-state index in [-0.39, 0.29) is 5.56 Å². The van der Waals surface area contributed by atoms with Gasteiger partial charge in [-0.2, -0.15) is 18.4 Å². The summed E-state index contributed by atoms with van der Waals surface area (Å²) >= 11 is 6.46. The van der Waals surface area contributed by atoms with Gasteiger partial charge in [-0.05, 0) is 46.5 Å². The predicted octanol–water partition coefficient (Wildman–Crippen LogP) is 6.73. The largest absolute Gasteiger partial charge is 0.417 e. The molecule has 160 valence electrons. The van der Waals surface area contributed by atoms with E-state index in [0.29, 0.717) is 29.1 Å². The fraction of sp³-hybridized carbons (Fsp3) is 0.120. The van der Waals surface area contributed by atoms with Gasteiger partial charge in [-0.15, -0.1) is 0 Å². The second-order valence-electron chi connectivity index (χ2n) is 7.35. The van der Waals surface area contributed by atoms with Gasteiger partial charge in [0.15, 0.2) is 0 Å². The number of hydrogen-bond donors (Lipinski definition) is 0. The van der Waals surface area contributed by atoms with Gasteiger partial charge in [0.1, 0.15) is 0 Å². The highest BCUT2D eigenvalue weighted by atomic mass is 35.5. The van der Waals surface area contributed by atoms with Crippen LogP contribution < -0.4 is 0 Å². The predicted molar refractivity (Wildman–Crippen MR) is 117 cm³/mol. The summed E-state index contributed by atoms with van der Waals surface area (Å²) in [4.78, 5) is 4.22. The van der Waals surface area contributed by atoms with Gasteiger partial charge in [0.05, 0.1) is 30.1 Å². The van der Waals surface area contributed by atoms with Gasteiger partial charge < -0.3 is 4.57 Å². The molecule has 7 heteroatoms. The minimum atomic E-state index is -4.45. The lowest BCUT2D eigenvalue weighted by atomic mass is 9.98. The lowest BCUT2D eigenvalue weighted by molar-refractivity contribution is -0.137. The minimum absolute atomic E-state index is 0.0950. The fourth-order valence-corrected chi connectivity index (χ4v) is 3.79. The third-order valence-electron chi connectivity index (χ3n) is 5.20. The number of alkyl halides is 3. The Morgan fingerprint density at radius 1 is 1.00 bits per heavy atom. The second-order valence-corrected chi connectivity index (χ2v) is 7.76. The average Bonchev–Trinajstić information content (AvgIpc) is 3.21. The number of benzene rings is 3. The van der Waals surface area contributed by atoms with Crippen molar-refractivity contribution in [3.8, 4) is 17.2 Å². The summed E-state index contributed by atoms with van der Waals surface area (Å²) in [6, 6.07) is 19.9. The van der Waals surface area contributed by atoms with Gasteiger partial charge >= 0.3 is 6.18 Å². The molecule has 0 saturated carbocycles. The van der Waals surface area contributed by atoms with Crippen LogP contribution in [-0.4, -0.2) is 9.55 Å². The lowest BCUT2D eigenvalue weighted by Crippen LogP contribution is -2.07. The first kappa shape index (κ1) is 21.7. The van der Waals surface area contributed by atoms with Crippen LogP contribution in [0.1, 0.15) is 27.9 Å². The normalized spacial score (nSPS) is 11.3. The molecule has 0 fully saturated rings. The molecular weight excluding hydrogens is 435 g/mol. The molecule has 0 unspecified atom stereocenters. The maximum absolute atomic E-state index is 13.4. The van der Waals surface area contributed by atoms with E-state index in [1.807, 2.05) is 16.7 Å². The molecule has 0 saturated heterocycles. The van der Waals surface area contributed by atoms with Crippen LogP contribution in [-0.2, 0) is 19.1 Å². The summed E-state index contributed by atoms with van der Waals surface area (Å²) in [5.74, 6) is 0. The van der Waals surface area contributed by atoms with Crippen molar-refractivity contribution < 1.29 is 13.2 Å². The molecule has 0 radical (unpaired) electrons. The maximum Gasteiger partial charge on any atom is 0.417 e. The Hall–Kier alpha value is -3.56. The third-order valence-corrected chi connectivity index (χ3v) is 5.56. The van der Waals surface area contributed by atoms with Crippen molar-refractivity contribution in [1.29, 1.82) is 5.26 Å². The molecular formula is C25H17ClF3N3. The minimum Gasteiger partial charge on any atom is -0.330 e.